The zero-order valence-corrected chi connectivity index (χ0v) is 17.4. The van der Waals surface area contributed by atoms with E-state index in [-0.39, 0.29) is 5.41 Å². The van der Waals surface area contributed by atoms with Crippen molar-refractivity contribution in [3.8, 4) is 11.5 Å². The first-order valence-electron chi connectivity index (χ1n) is 10.6. The molecule has 29 heavy (non-hydrogen) atoms. The first-order valence-corrected chi connectivity index (χ1v) is 10.6. The molecule has 0 atom stereocenters. The molecule has 0 saturated heterocycles. The minimum absolute atomic E-state index is 0.0176. The molecule has 1 fully saturated rings. The maximum atomic E-state index is 6.10. The summed E-state index contributed by atoms with van der Waals surface area (Å²) in [5.41, 5.74) is 3.93. The lowest BCUT2D eigenvalue weighted by Crippen LogP contribution is -2.24. The molecule has 0 spiro atoms. The van der Waals surface area contributed by atoms with Crippen molar-refractivity contribution < 1.29 is 9.47 Å². The maximum absolute atomic E-state index is 6.10. The van der Waals surface area contributed by atoms with Crippen LogP contribution in [0.3, 0.4) is 0 Å². The second-order valence-electron chi connectivity index (χ2n) is 8.69. The summed E-state index contributed by atoms with van der Waals surface area (Å²) in [6.07, 6.45) is 4.07. The lowest BCUT2D eigenvalue weighted by molar-refractivity contribution is 0.0824. The van der Waals surface area contributed by atoms with Crippen LogP contribution in [-0.2, 0) is 16.8 Å². The van der Waals surface area contributed by atoms with Crippen LogP contribution in [0.1, 0.15) is 55.7 Å². The highest BCUT2D eigenvalue weighted by Gasteiger charge is 2.23. The number of hydrogen-bond donors (Lipinski definition) is 0. The Balaban J connectivity index is 1.32. The second kappa shape index (κ2) is 8.84. The van der Waals surface area contributed by atoms with Gasteiger partial charge >= 0.3 is 0 Å². The molecule has 0 amide bonds. The van der Waals surface area contributed by atoms with E-state index in [0.717, 1.165) is 23.0 Å². The summed E-state index contributed by atoms with van der Waals surface area (Å²) in [7, 11) is 0. The lowest BCUT2D eigenvalue weighted by Gasteiger charge is -2.28. The van der Waals surface area contributed by atoms with Gasteiger partial charge in [0.2, 0.25) is 0 Å². The summed E-state index contributed by atoms with van der Waals surface area (Å²) in [5.74, 6) is 2.47. The summed E-state index contributed by atoms with van der Waals surface area (Å²) in [5, 5.41) is 0. The molecule has 0 unspecified atom stereocenters. The van der Waals surface area contributed by atoms with Crippen LogP contribution in [-0.4, -0.2) is 6.61 Å². The molecule has 2 nitrogen and oxygen atoms in total. The molecule has 3 aromatic rings. The van der Waals surface area contributed by atoms with E-state index in [2.05, 4.69) is 44.2 Å². The highest BCUT2D eigenvalue weighted by molar-refractivity contribution is 5.34. The lowest BCUT2D eigenvalue weighted by atomic mass is 9.78. The standard InChI is InChI=1S/C27H30O2/c1-27(2,24-16-14-23(15-17-24)22-9-7-10-22)20-28-19-21-8-6-13-26(18-21)29-25-11-4-3-5-12-25/h3-6,8,11-18,22H,7,9-10,19-20H2,1-2H3. The Labute approximate surface area is 174 Å². The average molecular weight is 387 g/mol. The maximum Gasteiger partial charge on any atom is 0.127 e. The van der Waals surface area contributed by atoms with Gasteiger partial charge in [0.1, 0.15) is 11.5 Å². The predicted molar refractivity (Wildman–Crippen MR) is 119 cm³/mol. The largest absolute Gasteiger partial charge is 0.457 e. The Morgan fingerprint density at radius 2 is 1.55 bits per heavy atom. The van der Waals surface area contributed by atoms with Crippen LogP contribution in [0.2, 0.25) is 0 Å². The smallest absolute Gasteiger partial charge is 0.127 e. The van der Waals surface area contributed by atoms with Gasteiger partial charge in [-0.05, 0) is 59.7 Å². The van der Waals surface area contributed by atoms with Gasteiger partial charge in [-0.3, -0.25) is 0 Å². The fraction of sp³-hybridized carbons (Fsp3) is 0.333. The summed E-state index contributed by atoms with van der Waals surface area (Å²) in [6.45, 7) is 5.76. The zero-order chi connectivity index (χ0) is 20.1. The van der Waals surface area contributed by atoms with Crippen LogP contribution < -0.4 is 4.74 Å². The summed E-state index contributed by atoms with van der Waals surface area (Å²) in [6, 6.07) is 27.2. The molecule has 0 radical (unpaired) electrons. The van der Waals surface area contributed by atoms with E-state index in [0.29, 0.717) is 13.2 Å². The van der Waals surface area contributed by atoms with Gasteiger partial charge in [0.25, 0.3) is 0 Å². The number of ether oxygens (including phenoxy) is 2. The van der Waals surface area contributed by atoms with Crippen LogP contribution in [0.25, 0.3) is 0 Å². The minimum atomic E-state index is -0.0176. The van der Waals surface area contributed by atoms with Gasteiger partial charge in [-0.25, -0.2) is 0 Å². The molecule has 4 rings (SSSR count). The Bertz CT molecular complexity index is 909. The van der Waals surface area contributed by atoms with E-state index in [9.17, 15) is 0 Å². The molecule has 0 heterocycles. The number of benzene rings is 3. The van der Waals surface area contributed by atoms with Gasteiger partial charge in [-0.1, -0.05) is 74.9 Å². The van der Waals surface area contributed by atoms with Crippen LogP contribution in [0, 0.1) is 0 Å². The number of rotatable bonds is 8. The van der Waals surface area contributed by atoms with Crippen LogP contribution in [0.15, 0.2) is 78.9 Å². The van der Waals surface area contributed by atoms with Gasteiger partial charge in [-0.2, -0.15) is 0 Å². The monoisotopic (exact) mass is 386 g/mol. The van der Waals surface area contributed by atoms with Crippen molar-refractivity contribution in [2.24, 2.45) is 0 Å². The van der Waals surface area contributed by atoms with Gasteiger partial charge in [0.05, 0.1) is 13.2 Å². The molecule has 0 aromatic heterocycles. The quantitative estimate of drug-likeness (QED) is 0.406. The fourth-order valence-corrected chi connectivity index (χ4v) is 3.78. The van der Waals surface area contributed by atoms with Gasteiger partial charge in [-0.15, -0.1) is 0 Å². The minimum Gasteiger partial charge on any atom is -0.457 e. The second-order valence-corrected chi connectivity index (χ2v) is 8.69. The predicted octanol–water partition coefficient (Wildman–Crippen LogP) is 7.24. The van der Waals surface area contributed by atoms with Crippen molar-refractivity contribution in [1.29, 1.82) is 0 Å². The SMILES string of the molecule is CC(C)(COCc1cccc(Oc2ccccc2)c1)c1ccc(C2CCC2)cc1. The molecule has 1 aliphatic rings. The molecule has 1 saturated carbocycles. The van der Waals surface area contributed by atoms with Crippen LogP contribution in [0.4, 0.5) is 0 Å². The van der Waals surface area contributed by atoms with Crippen LogP contribution >= 0.6 is 0 Å². The van der Waals surface area contributed by atoms with E-state index < -0.39 is 0 Å². The van der Waals surface area contributed by atoms with Crippen molar-refractivity contribution in [2.75, 3.05) is 6.61 Å². The molecule has 0 bridgehead atoms. The first-order chi connectivity index (χ1) is 14.1. The molecule has 1 aliphatic carbocycles. The fourth-order valence-electron chi connectivity index (χ4n) is 3.78. The Kier molecular flexibility index (Phi) is 6.01. The molecule has 2 heteroatoms. The van der Waals surface area contributed by atoms with E-state index in [4.69, 9.17) is 9.47 Å². The summed E-state index contributed by atoms with van der Waals surface area (Å²) < 4.78 is 12.0. The Hall–Kier alpha value is -2.58. The van der Waals surface area contributed by atoms with Crippen LogP contribution in [0.5, 0.6) is 11.5 Å². The van der Waals surface area contributed by atoms with E-state index in [1.165, 1.54) is 30.4 Å². The van der Waals surface area contributed by atoms with E-state index in [1.54, 1.807) is 0 Å². The Morgan fingerprint density at radius 1 is 0.828 bits per heavy atom. The van der Waals surface area contributed by atoms with Gasteiger partial charge in [0, 0.05) is 5.41 Å². The molecule has 150 valence electrons. The summed E-state index contributed by atoms with van der Waals surface area (Å²) in [4.78, 5) is 0. The molecule has 0 aliphatic heterocycles. The zero-order valence-electron chi connectivity index (χ0n) is 17.4. The highest BCUT2D eigenvalue weighted by Crippen LogP contribution is 2.37. The average Bonchev–Trinajstić information content (AvgIpc) is 2.68. The third kappa shape index (κ3) is 5.07. The summed E-state index contributed by atoms with van der Waals surface area (Å²) >= 11 is 0. The molecule has 3 aromatic carbocycles. The van der Waals surface area contributed by atoms with Crippen molar-refractivity contribution in [1.82, 2.24) is 0 Å². The number of para-hydroxylation sites is 1. The van der Waals surface area contributed by atoms with E-state index >= 15 is 0 Å². The third-order valence-electron chi connectivity index (χ3n) is 5.88. The van der Waals surface area contributed by atoms with Crippen molar-refractivity contribution >= 4 is 0 Å². The molecule has 0 N–H and O–H groups in total. The van der Waals surface area contributed by atoms with Crippen molar-refractivity contribution in [3.05, 3.63) is 95.6 Å². The first kappa shape index (κ1) is 19.7. The van der Waals surface area contributed by atoms with Gasteiger partial charge < -0.3 is 9.47 Å². The molecular weight excluding hydrogens is 356 g/mol. The molecular formula is C27H30O2. The van der Waals surface area contributed by atoms with Gasteiger partial charge in [0.15, 0.2) is 0 Å². The van der Waals surface area contributed by atoms with Crippen molar-refractivity contribution in [3.63, 3.8) is 0 Å². The Morgan fingerprint density at radius 3 is 2.24 bits per heavy atom. The van der Waals surface area contributed by atoms with E-state index in [1.807, 2.05) is 48.5 Å². The third-order valence-corrected chi connectivity index (χ3v) is 5.88. The van der Waals surface area contributed by atoms with Crippen molar-refractivity contribution in [2.45, 2.75) is 51.0 Å². The highest BCUT2D eigenvalue weighted by atomic mass is 16.5. The number of hydrogen-bond acceptors (Lipinski definition) is 2. The topological polar surface area (TPSA) is 18.5 Å². The normalized spacial score (nSPS) is 14.4.